The van der Waals surface area contributed by atoms with Crippen LogP contribution >= 0.6 is 0 Å². The summed E-state index contributed by atoms with van der Waals surface area (Å²) in [6.07, 6.45) is 5.51. The first-order chi connectivity index (χ1) is 9.65. The molecule has 0 radical (unpaired) electrons. The van der Waals surface area contributed by atoms with Gasteiger partial charge in [0.25, 0.3) is 0 Å². The van der Waals surface area contributed by atoms with Crippen molar-refractivity contribution in [3.8, 4) is 17.2 Å². The SMILES string of the molecule is CCCCCC(N)Cc1cc(OC)c(OC)c(OC)c1. The molecule has 0 aliphatic carbocycles. The largest absolute Gasteiger partial charge is 0.493 e. The highest BCUT2D eigenvalue weighted by molar-refractivity contribution is 5.53. The fourth-order valence-electron chi connectivity index (χ4n) is 2.31. The zero-order chi connectivity index (χ0) is 15.0. The predicted molar refractivity (Wildman–Crippen MR) is 81.9 cm³/mol. The maximum atomic E-state index is 6.19. The molecule has 0 aliphatic rings. The quantitative estimate of drug-likeness (QED) is 0.706. The van der Waals surface area contributed by atoms with Gasteiger partial charge in [-0.2, -0.15) is 0 Å². The van der Waals surface area contributed by atoms with Crippen molar-refractivity contribution in [1.82, 2.24) is 0 Å². The van der Waals surface area contributed by atoms with Gasteiger partial charge in [-0.05, 0) is 30.5 Å². The van der Waals surface area contributed by atoms with Gasteiger partial charge in [-0.15, -0.1) is 0 Å². The Morgan fingerprint density at radius 3 is 2.05 bits per heavy atom. The number of methoxy groups -OCH3 is 3. The molecule has 4 heteroatoms. The van der Waals surface area contributed by atoms with Crippen molar-refractivity contribution in [2.45, 2.75) is 45.1 Å². The normalized spacial score (nSPS) is 12.1. The topological polar surface area (TPSA) is 53.7 Å². The summed E-state index contributed by atoms with van der Waals surface area (Å²) in [5.74, 6) is 1.99. The molecule has 4 nitrogen and oxygen atoms in total. The van der Waals surface area contributed by atoms with Crippen LogP contribution in [-0.4, -0.2) is 27.4 Å². The number of benzene rings is 1. The van der Waals surface area contributed by atoms with E-state index in [0.717, 1.165) is 18.4 Å². The number of nitrogens with two attached hydrogens (primary N) is 1. The highest BCUT2D eigenvalue weighted by Gasteiger charge is 2.14. The molecule has 0 saturated carbocycles. The lowest BCUT2D eigenvalue weighted by atomic mass is 10.0. The summed E-state index contributed by atoms with van der Waals surface area (Å²) in [5, 5.41) is 0. The Balaban J connectivity index is 2.79. The van der Waals surface area contributed by atoms with Crippen molar-refractivity contribution >= 4 is 0 Å². The van der Waals surface area contributed by atoms with Crippen LogP contribution in [0.2, 0.25) is 0 Å². The van der Waals surface area contributed by atoms with Gasteiger partial charge in [0.05, 0.1) is 21.3 Å². The van der Waals surface area contributed by atoms with Gasteiger partial charge in [0.2, 0.25) is 5.75 Å². The molecule has 0 fully saturated rings. The number of hydrogen-bond donors (Lipinski definition) is 1. The monoisotopic (exact) mass is 281 g/mol. The average Bonchev–Trinajstić information content (AvgIpc) is 2.46. The first-order valence-electron chi connectivity index (χ1n) is 7.20. The summed E-state index contributed by atoms with van der Waals surface area (Å²) in [6, 6.07) is 4.12. The van der Waals surface area contributed by atoms with Gasteiger partial charge in [-0.25, -0.2) is 0 Å². The van der Waals surface area contributed by atoms with Gasteiger partial charge in [0.15, 0.2) is 11.5 Å². The lowest BCUT2D eigenvalue weighted by Gasteiger charge is -2.16. The molecule has 1 aromatic carbocycles. The third-order valence-corrected chi connectivity index (χ3v) is 3.40. The summed E-state index contributed by atoms with van der Waals surface area (Å²) in [7, 11) is 4.86. The van der Waals surface area contributed by atoms with Gasteiger partial charge in [-0.1, -0.05) is 26.2 Å². The van der Waals surface area contributed by atoms with E-state index in [2.05, 4.69) is 6.92 Å². The zero-order valence-corrected chi connectivity index (χ0v) is 13.1. The van der Waals surface area contributed by atoms with Crippen LogP contribution < -0.4 is 19.9 Å². The molecule has 0 aromatic heterocycles. The van der Waals surface area contributed by atoms with Gasteiger partial charge in [0, 0.05) is 6.04 Å². The van der Waals surface area contributed by atoms with Gasteiger partial charge in [-0.3, -0.25) is 0 Å². The van der Waals surface area contributed by atoms with Crippen LogP contribution in [0.15, 0.2) is 12.1 Å². The fourth-order valence-corrected chi connectivity index (χ4v) is 2.31. The summed E-state index contributed by atoms with van der Waals surface area (Å²) in [5.41, 5.74) is 7.30. The molecule has 0 saturated heterocycles. The van der Waals surface area contributed by atoms with E-state index in [4.69, 9.17) is 19.9 Å². The Labute approximate surface area is 122 Å². The first kappa shape index (κ1) is 16.6. The number of hydrogen-bond acceptors (Lipinski definition) is 4. The Hall–Kier alpha value is -1.42. The Morgan fingerprint density at radius 1 is 1.00 bits per heavy atom. The molecule has 1 rings (SSSR count). The van der Waals surface area contributed by atoms with Crippen LogP contribution in [0, 0.1) is 0 Å². The minimum absolute atomic E-state index is 0.171. The van der Waals surface area contributed by atoms with Crippen molar-refractivity contribution in [3.05, 3.63) is 17.7 Å². The van der Waals surface area contributed by atoms with Gasteiger partial charge in [0.1, 0.15) is 0 Å². The lowest BCUT2D eigenvalue weighted by Crippen LogP contribution is -2.22. The zero-order valence-electron chi connectivity index (χ0n) is 13.1. The molecule has 114 valence electrons. The van der Waals surface area contributed by atoms with Gasteiger partial charge >= 0.3 is 0 Å². The van der Waals surface area contributed by atoms with E-state index in [-0.39, 0.29) is 6.04 Å². The second kappa shape index (κ2) is 8.69. The van der Waals surface area contributed by atoms with E-state index in [9.17, 15) is 0 Å². The van der Waals surface area contributed by atoms with Crippen molar-refractivity contribution in [2.75, 3.05) is 21.3 Å². The second-order valence-corrected chi connectivity index (χ2v) is 4.99. The molecule has 0 spiro atoms. The maximum absolute atomic E-state index is 6.19. The minimum Gasteiger partial charge on any atom is -0.493 e. The molecule has 0 aliphatic heterocycles. The third kappa shape index (κ3) is 4.60. The van der Waals surface area contributed by atoms with E-state index in [0.29, 0.717) is 17.2 Å². The summed E-state index contributed by atoms with van der Waals surface area (Å²) in [6.45, 7) is 2.20. The van der Waals surface area contributed by atoms with Crippen LogP contribution in [0.3, 0.4) is 0 Å². The molecule has 0 bridgehead atoms. The van der Waals surface area contributed by atoms with Gasteiger partial charge < -0.3 is 19.9 Å². The molecule has 1 atom stereocenters. The smallest absolute Gasteiger partial charge is 0.203 e. The van der Waals surface area contributed by atoms with E-state index in [1.807, 2.05) is 12.1 Å². The van der Waals surface area contributed by atoms with E-state index in [1.54, 1.807) is 21.3 Å². The summed E-state index contributed by atoms with van der Waals surface area (Å²) >= 11 is 0. The number of ether oxygens (including phenoxy) is 3. The average molecular weight is 281 g/mol. The standard InChI is InChI=1S/C16H27NO3/c1-5-6-7-8-13(17)9-12-10-14(18-2)16(20-4)15(11-12)19-3/h10-11,13H,5-9,17H2,1-4H3. The van der Waals surface area contributed by atoms with Crippen molar-refractivity contribution in [3.63, 3.8) is 0 Å². The van der Waals surface area contributed by atoms with Crippen molar-refractivity contribution < 1.29 is 14.2 Å². The molecule has 20 heavy (non-hydrogen) atoms. The number of rotatable bonds is 9. The van der Waals surface area contributed by atoms with E-state index >= 15 is 0 Å². The molecular formula is C16H27NO3. The highest BCUT2D eigenvalue weighted by Crippen LogP contribution is 2.38. The van der Waals surface area contributed by atoms with Crippen LogP contribution in [0.4, 0.5) is 0 Å². The lowest BCUT2D eigenvalue weighted by molar-refractivity contribution is 0.323. The molecule has 1 unspecified atom stereocenters. The second-order valence-electron chi connectivity index (χ2n) is 4.99. The van der Waals surface area contributed by atoms with Crippen LogP contribution in [0.5, 0.6) is 17.2 Å². The van der Waals surface area contributed by atoms with E-state index < -0.39 is 0 Å². The maximum Gasteiger partial charge on any atom is 0.203 e. The molecule has 0 amide bonds. The highest BCUT2D eigenvalue weighted by atomic mass is 16.5. The van der Waals surface area contributed by atoms with Crippen LogP contribution in [0.25, 0.3) is 0 Å². The Morgan fingerprint density at radius 2 is 1.60 bits per heavy atom. The fraction of sp³-hybridized carbons (Fsp3) is 0.625. The molecular weight excluding hydrogens is 254 g/mol. The third-order valence-electron chi connectivity index (χ3n) is 3.40. The number of unbranched alkanes of at least 4 members (excludes halogenated alkanes) is 2. The summed E-state index contributed by atoms with van der Waals surface area (Å²) in [4.78, 5) is 0. The Kier molecular flexibility index (Phi) is 7.23. The van der Waals surface area contributed by atoms with E-state index in [1.165, 1.54) is 19.3 Å². The van der Waals surface area contributed by atoms with Crippen molar-refractivity contribution in [1.29, 1.82) is 0 Å². The Bertz CT molecular complexity index is 382. The van der Waals surface area contributed by atoms with Crippen LogP contribution in [-0.2, 0) is 6.42 Å². The first-order valence-corrected chi connectivity index (χ1v) is 7.20. The molecule has 0 heterocycles. The minimum atomic E-state index is 0.171. The molecule has 2 N–H and O–H groups in total. The van der Waals surface area contributed by atoms with Crippen LogP contribution in [0.1, 0.15) is 38.2 Å². The van der Waals surface area contributed by atoms with Crippen molar-refractivity contribution in [2.24, 2.45) is 5.73 Å². The summed E-state index contributed by atoms with van der Waals surface area (Å²) < 4.78 is 16.0. The molecule has 1 aromatic rings. The predicted octanol–water partition coefficient (Wildman–Crippen LogP) is 3.16.